The van der Waals surface area contributed by atoms with Gasteiger partial charge in [0.2, 0.25) is 5.76 Å². The summed E-state index contributed by atoms with van der Waals surface area (Å²) in [5, 5.41) is 0. The second-order valence-corrected chi connectivity index (χ2v) is 3.50. The van der Waals surface area contributed by atoms with Crippen molar-refractivity contribution in [3.05, 3.63) is 12.0 Å². The summed E-state index contributed by atoms with van der Waals surface area (Å²) < 4.78 is 14.7. The van der Waals surface area contributed by atoms with Gasteiger partial charge in [-0.15, -0.1) is 0 Å². The molecule has 1 aliphatic rings. The first-order valence-corrected chi connectivity index (χ1v) is 5.49. The normalized spacial score (nSPS) is 14.1. The fourth-order valence-electron chi connectivity index (χ4n) is 1.38. The van der Waals surface area contributed by atoms with E-state index in [1.165, 1.54) is 18.3 Å². The van der Waals surface area contributed by atoms with Gasteiger partial charge in [0.1, 0.15) is 26.0 Å². The highest BCUT2D eigenvalue weighted by Gasteiger charge is 2.23. The third-order valence-corrected chi connectivity index (χ3v) is 2.19. The molecule has 0 spiro atoms. The van der Waals surface area contributed by atoms with Crippen LogP contribution in [0.3, 0.4) is 0 Å². The Bertz CT molecular complexity index is 313. The third-order valence-electron chi connectivity index (χ3n) is 2.19. The molecule has 0 unspecified atom stereocenters. The highest BCUT2D eigenvalue weighted by Crippen LogP contribution is 2.09. The topological polar surface area (TPSA) is 65.1 Å². The Morgan fingerprint density at radius 3 is 2.76 bits per heavy atom. The molecule has 0 aromatic carbocycles. The van der Waals surface area contributed by atoms with Crippen molar-refractivity contribution >= 4 is 11.9 Å². The van der Waals surface area contributed by atoms with Crippen LogP contribution in [0.25, 0.3) is 0 Å². The molecule has 0 saturated carbocycles. The van der Waals surface area contributed by atoms with E-state index in [9.17, 15) is 9.59 Å². The van der Waals surface area contributed by atoms with E-state index in [4.69, 9.17) is 9.47 Å². The van der Waals surface area contributed by atoms with E-state index in [0.717, 1.165) is 6.42 Å². The smallest absolute Gasteiger partial charge is 0.325 e. The van der Waals surface area contributed by atoms with Crippen LogP contribution in [0.1, 0.15) is 13.3 Å². The monoisotopic (exact) mass is 243 g/mol. The number of carbonyl (C=O) groups is 2. The molecule has 0 atom stereocenters. The largest absolute Gasteiger partial charge is 0.494 e. The molecule has 1 amide bonds. The lowest BCUT2D eigenvalue weighted by Gasteiger charge is -2.23. The first-order chi connectivity index (χ1) is 8.19. The van der Waals surface area contributed by atoms with Gasteiger partial charge < -0.3 is 19.1 Å². The van der Waals surface area contributed by atoms with Gasteiger partial charge in [-0.1, -0.05) is 6.92 Å². The number of amides is 1. The van der Waals surface area contributed by atoms with Crippen LogP contribution in [0.4, 0.5) is 0 Å². The number of rotatable bonds is 5. The van der Waals surface area contributed by atoms with Crippen LogP contribution in [0.5, 0.6) is 0 Å². The first-order valence-electron chi connectivity index (χ1n) is 5.49. The second kappa shape index (κ2) is 6.78. The molecule has 0 fully saturated rings. The Morgan fingerprint density at radius 2 is 2.24 bits per heavy atom. The summed E-state index contributed by atoms with van der Waals surface area (Å²) in [6, 6.07) is 0. The van der Waals surface area contributed by atoms with E-state index in [-0.39, 0.29) is 18.2 Å². The molecule has 1 heterocycles. The molecule has 6 nitrogen and oxygen atoms in total. The number of carbonyl (C=O) groups excluding carboxylic acids is 2. The fraction of sp³-hybridized carbons (Fsp3) is 0.636. The van der Waals surface area contributed by atoms with Crippen molar-refractivity contribution in [2.24, 2.45) is 0 Å². The van der Waals surface area contributed by atoms with Crippen LogP contribution in [-0.4, -0.2) is 50.2 Å². The zero-order chi connectivity index (χ0) is 12.7. The maximum atomic E-state index is 12.0. The molecule has 0 aromatic rings. The first kappa shape index (κ1) is 13.3. The average Bonchev–Trinajstić information content (AvgIpc) is 2.38. The molecule has 17 heavy (non-hydrogen) atoms. The standard InChI is InChI=1S/C11H17NO5/c1-3-4-12(7-10(13)15-2)11(14)9-8-16-5-6-17-9/h8H,3-7H2,1-2H3. The van der Waals surface area contributed by atoms with Gasteiger partial charge in [0.05, 0.1) is 7.11 Å². The lowest BCUT2D eigenvalue weighted by molar-refractivity contribution is -0.147. The number of hydrogen-bond donors (Lipinski definition) is 0. The SMILES string of the molecule is CCCN(CC(=O)OC)C(=O)C1=COCCO1. The van der Waals surface area contributed by atoms with Crippen LogP contribution < -0.4 is 0 Å². The highest BCUT2D eigenvalue weighted by molar-refractivity contribution is 5.93. The van der Waals surface area contributed by atoms with Crippen molar-refractivity contribution < 1.29 is 23.8 Å². The number of ether oxygens (including phenoxy) is 3. The fourth-order valence-corrected chi connectivity index (χ4v) is 1.38. The number of methoxy groups -OCH3 is 1. The van der Waals surface area contributed by atoms with Crippen LogP contribution in [0, 0.1) is 0 Å². The Labute approximate surface area is 100 Å². The summed E-state index contributed by atoms with van der Waals surface area (Å²) in [4.78, 5) is 24.5. The van der Waals surface area contributed by atoms with Gasteiger partial charge in [0, 0.05) is 6.54 Å². The summed E-state index contributed by atoms with van der Waals surface area (Å²) in [6.45, 7) is 3.08. The molecule has 96 valence electrons. The van der Waals surface area contributed by atoms with E-state index in [1.807, 2.05) is 6.92 Å². The molecule has 1 rings (SSSR count). The van der Waals surface area contributed by atoms with Gasteiger partial charge in [-0.3, -0.25) is 9.59 Å². The minimum atomic E-state index is -0.455. The zero-order valence-corrected chi connectivity index (χ0v) is 10.1. The van der Waals surface area contributed by atoms with Gasteiger partial charge in [0.15, 0.2) is 0 Å². The van der Waals surface area contributed by atoms with Crippen molar-refractivity contribution in [3.8, 4) is 0 Å². The third kappa shape index (κ3) is 3.97. The minimum Gasteiger partial charge on any atom is -0.494 e. The quantitative estimate of drug-likeness (QED) is 0.649. The zero-order valence-electron chi connectivity index (χ0n) is 10.1. The lowest BCUT2D eigenvalue weighted by atomic mass is 10.3. The van der Waals surface area contributed by atoms with E-state index in [2.05, 4.69) is 4.74 Å². The molecule has 0 N–H and O–H groups in total. The lowest BCUT2D eigenvalue weighted by Crippen LogP contribution is -2.38. The summed E-state index contributed by atoms with van der Waals surface area (Å²) in [5.41, 5.74) is 0. The average molecular weight is 243 g/mol. The molecule has 0 aromatic heterocycles. The van der Waals surface area contributed by atoms with Crippen molar-refractivity contribution in [1.82, 2.24) is 4.90 Å². The van der Waals surface area contributed by atoms with Crippen LogP contribution in [0.2, 0.25) is 0 Å². The molecule has 0 radical (unpaired) electrons. The van der Waals surface area contributed by atoms with E-state index >= 15 is 0 Å². The molecule has 0 saturated heterocycles. The molecule has 0 bridgehead atoms. The van der Waals surface area contributed by atoms with Crippen molar-refractivity contribution in [3.63, 3.8) is 0 Å². The molecule has 1 aliphatic heterocycles. The van der Waals surface area contributed by atoms with Crippen molar-refractivity contribution in [1.29, 1.82) is 0 Å². The number of esters is 1. The summed E-state index contributed by atoms with van der Waals surface area (Å²) >= 11 is 0. The van der Waals surface area contributed by atoms with E-state index < -0.39 is 5.97 Å². The predicted molar refractivity (Wildman–Crippen MR) is 58.9 cm³/mol. The van der Waals surface area contributed by atoms with Gasteiger partial charge in [-0.2, -0.15) is 0 Å². The number of hydrogen-bond acceptors (Lipinski definition) is 5. The highest BCUT2D eigenvalue weighted by atomic mass is 16.6. The van der Waals surface area contributed by atoms with Gasteiger partial charge in [-0.05, 0) is 6.42 Å². The van der Waals surface area contributed by atoms with Gasteiger partial charge in [0.25, 0.3) is 5.91 Å². The molecular weight excluding hydrogens is 226 g/mol. The van der Waals surface area contributed by atoms with Crippen molar-refractivity contribution in [2.45, 2.75) is 13.3 Å². The van der Waals surface area contributed by atoms with E-state index in [1.54, 1.807) is 0 Å². The van der Waals surface area contributed by atoms with E-state index in [0.29, 0.717) is 19.8 Å². The Balaban J connectivity index is 2.65. The van der Waals surface area contributed by atoms with Crippen LogP contribution >= 0.6 is 0 Å². The number of nitrogens with zero attached hydrogens (tertiary/aromatic N) is 1. The Kier molecular flexibility index (Phi) is 5.32. The summed E-state index contributed by atoms with van der Waals surface area (Å²) in [5.74, 6) is -0.672. The second-order valence-electron chi connectivity index (χ2n) is 3.50. The maximum Gasteiger partial charge on any atom is 0.325 e. The van der Waals surface area contributed by atoms with Gasteiger partial charge in [-0.25, -0.2) is 0 Å². The van der Waals surface area contributed by atoms with Gasteiger partial charge >= 0.3 is 5.97 Å². The Morgan fingerprint density at radius 1 is 1.47 bits per heavy atom. The molecule has 6 heteroatoms. The Hall–Kier alpha value is -1.72. The van der Waals surface area contributed by atoms with Crippen molar-refractivity contribution in [2.75, 3.05) is 33.4 Å². The minimum absolute atomic E-state index is 0.0795. The summed E-state index contributed by atoms with van der Waals surface area (Å²) in [6.07, 6.45) is 2.03. The van der Waals surface area contributed by atoms with Crippen LogP contribution in [-0.2, 0) is 23.8 Å². The maximum absolute atomic E-state index is 12.0. The summed E-state index contributed by atoms with van der Waals surface area (Å²) in [7, 11) is 1.29. The predicted octanol–water partition coefficient (Wildman–Crippen LogP) is 0.286. The van der Waals surface area contributed by atoms with Crippen LogP contribution in [0.15, 0.2) is 12.0 Å². The molecule has 0 aliphatic carbocycles. The molecular formula is C11H17NO5.